The minimum absolute atomic E-state index is 0.0321. The van der Waals surface area contributed by atoms with Crippen molar-refractivity contribution < 1.29 is 9.72 Å². The van der Waals surface area contributed by atoms with Crippen molar-refractivity contribution >= 4 is 29.1 Å². The first-order chi connectivity index (χ1) is 8.97. The lowest BCUT2D eigenvalue weighted by Gasteiger charge is -2.01. The number of aryl methyl sites for hydroxylation is 1. The van der Waals surface area contributed by atoms with Crippen LogP contribution in [-0.4, -0.2) is 26.0 Å². The maximum Gasteiger partial charge on any atom is 0.288 e. The van der Waals surface area contributed by atoms with Crippen LogP contribution >= 0.6 is 11.6 Å². The molecule has 0 aliphatic heterocycles. The second kappa shape index (κ2) is 5.02. The van der Waals surface area contributed by atoms with Crippen molar-refractivity contribution in [2.45, 2.75) is 6.92 Å². The van der Waals surface area contributed by atoms with E-state index in [-0.39, 0.29) is 22.2 Å². The number of H-pyrrole nitrogens is 1. The number of rotatable bonds is 3. The molecule has 2 rings (SSSR count). The molecular weight excluding hydrogens is 274 g/mol. The van der Waals surface area contributed by atoms with Crippen molar-refractivity contribution in [2.24, 2.45) is 0 Å². The van der Waals surface area contributed by atoms with E-state index in [4.69, 9.17) is 11.6 Å². The highest BCUT2D eigenvalue weighted by Crippen LogP contribution is 2.25. The Hall–Kier alpha value is -2.48. The van der Waals surface area contributed by atoms with Gasteiger partial charge in [-0.2, -0.15) is 4.98 Å². The number of nitro benzene ring substituents is 1. The zero-order chi connectivity index (χ0) is 14.0. The second-order valence-electron chi connectivity index (χ2n) is 3.62. The first kappa shape index (κ1) is 13.0. The Labute approximate surface area is 112 Å². The normalized spacial score (nSPS) is 10.2. The second-order valence-corrected chi connectivity index (χ2v) is 4.03. The fourth-order valence-electron chi connectivity index (χ4n) is 1.37. The van der Waals surface area contributed by atoms with Crippen LogP contribution in [0.1, 0.15) is 16.2 Å². The molecule has 1 heterocycles. The monoisotopic (exact) mass is 281 g/mol. The number of hydrogen-bond acceptors (Lipinski definition) is 5. The van der Waals surface area contributed by atoms with Crippen LogP contribution in [-0.2, 0) is 0 Å². The lowest BCUT2D eigenvalue weighted by Crippen LogP contribution is -2.13. The minimum Gasteiger partial charge on any atom is -0.289 e. The molecule has 0 aliphatic carbocycles. The van der Waals surface area contributed by atoms with Gasteiger partial charge in [-0.3, -0.25) is 25.3 Å². The molecular formula is C10H8ClN5O3. The van der Waals surface area contributed by atoms with Gasteiger partial charge in [0.15, 0.2) is 0 Å². The topological polar surface area (TPSA) is 114 Å². The fraction of sp³-hybridized carbons (Fsp3) is 0.100. The number of nitrogens with zero attached hydrogens (tertiary/aromatic N) is 3. The molecule has 0 fully saturated rings. The summed E-state index contributed by atoms with van der Waals surface area (Å²) in [7, 11) is 0. The minimum atomic E-state index is -0.657. The van der Waals surface area contributed by atoms with E-state index in [2.05, 4.69) is 20.5 Å². The van der Waals surface area contributed by atoms with Gasteiger partial charge in [0.25, 0.3) is 11.6 Å². The van der Waals surface area contributed by atoms with Gasteiger partial charge >= 0.3 is 0 Å². The molecule has 9 heteroatoms. The zero-order valence-electron chi connectivity index (χ0n) is 9.68. The van der Waals surface area contributed by atoms with Gasteiger partial charge in [0.2, 0.25) is 5.95 Å². The van der Waals surface area contributed by atoms with Crippen molar-refractivity contribution in [3.63, 3.8) is 0 Å². The van der Waals surface area contributed by atoms with Gasteiger partial charge in [-0.25, -0.2) is 0 Å². The Kier molecular flexibility index (Phi) is 3.43. The van der Waals surface area contributed by atoms with E-state index < -0.39 is 10.8 Å². The average Bonchev–Trinajstić information content (AvgIpc) is 2.74. The molecule has 2 N–H and O–H groups in total. The van der Waals surface area contributed by atoms with Crippen LogP contribution < -0.4 is 5.32 Å². The lowest BCUT2D eigenvalue weighted by molar-refractivity contribution is -0.384. The first-order valence-electron chi connectivity index (χ1n) is 5.11. The Morgan fingerprint density at radius 3 is 2.84 bits per heavy atom. The molecule has 1 amide bonds. The highest BCUT2D eigenvalue weighted by Gasteiger charge is 2.17. The van der Waals surface area contributed by atoms with E-state index in [1.165, 1.54) is 12.1 Å². The van der Waals surface area contributed by atoms with E-state index >= 15 is 0 Å². The van der Waals surface area contributed by atoms with Crippen molar-refractivity contribution in [1.82, 2.24) is 15.2 Å². The number of anilines is 1. The Morgan fingerprint density at radius 1 is 1.53 bits per heavy atom. The van der Waals surface area contributed by atoms with Gasteiger partial charge in [-0.1, -0.05) is 11.6 Å². The first-order valence-corrected chi connectivity index (χ1v) is 5.49. The molecule has 0 saturated carbocycles. The Morgan fingerprint density at radius 2 is 2.26 bits per heavy atom. The number of aromatic amines is 1. The maximum atomic E-state index is 11.8. The molecule has 0 unspecified atom stereocenters. The summed E-state index contributed by atoms with van der Waals surface area (Å²) in [5.74, 6) is 0.0799. The predicted molar refractivity (Wildman–Crippen MR) is 67.2 cm³/mol. The summed E-state index contributed by atoms with van der Waals surface area (Å²) in [6, 6.07) is 3.76. The van der Waals surface area contributed by atoms with Crippen molar-refractivity contribution in [3.05, 3.63) is 44.7 Å². The summed E-state index contributed by atoms with van der Waals surface area (Å²) in [5, 5.41) is 19.4. The third kappa shape index (κ3) is 2.86. The van der Waals surface area contributed by atoms with E-state index in [0.29, 0.717) is 5.82 Å². The van der Waals surface area contributed by atoms with Crippen LogP contribution in [0.25, 0.3) is 0 Å². The largest absolute Gasteiger partial charge is 0.289 e. The SMILES string of the molecule is Cc1nc(NC(=O)c2ccc(Cl)c([N+](=O)[O-])c2)n[nH]1. The van der Waals surface area contributed by atoms with Gasteiger partial charge in [0.1, 0.15) is 10.8 Å². The molecule has 0 spiro atoms. The summed E-state index contributed by atoms with van der Waals surface area (Å²) < 4.78 is 0. The number of nitro groups is 1. The molecule has 0 radical (unpaired) electrons. The fourth-order valence-corrected chi connectivity index (χ4v) is 1.55. The summed E-state index contributed by atoms with van der Waals surface area (Å²) >= 11 is 5.66. The molecule has 1 aromatic heterocycles. The van der Waals surface area contributed by atoms with Crippen LogP contribution in [0.3, 0.4) is 0 Å². The smallest absolute Gasteiger partial charge is 0.288 e. The molecule has 98 valence electrons. The van der Waals surface area contributed by atoms with Crippen molar-refractivity contribution in [1.29, 1.82) is 0 Å². The summed E-state index contributed by atoms with van der Waals surface area (Å²) in [4.78, 5) is 25.8. The van der Waals surface area contributed by atoms with Gasteiger partial charge in [-0.15, -0.1) is 5.10 Å². The molecule has 0 atom stereocenters. The molecule has 8 nitrogen and oxygen atoms in total. The highest BCUT2D eigenvalue weighted by molar-refractivity contribution is 6.32. The van der Waals surface area contributed by atoms with Gasteiger partial charge in [0, 0.05) is 11.6 Å². The number of hydrogen-bond donors (Lipinski definition) is 2. The van der Waals surface area contributed by atoms with Crippen LogP contribution in [0.2, 0.25) is 5.02 Å². The molecule has 2 aromatic rings. The maximum absolute atomic E-state index is 11.8. The number of amides is 1. The zero-order valence-corrected chi connectivity index (χ0v) is 10.4. The Bertz CT molecular complexity index is 654. The highest BCUT2D eigenvalue weighted by atomic mass is 35.5. The Balaban J connectivity index is 2.24. The van der Waals surface area contributed by atoms with Gasteiger partial charge in [0.05, 0.1) is 4.92 Å². The quantitative estimate of drug-likeness (QED) is 0.659. The van der Waals surface area contributed by atoms with Crippen molar-refractivity contribution in [2.75, 3.05) is 5.32 Å². The number of halogens is 1. The average molecular weight is 282 g/mol. The van der Waals surface area contributed by atoms with Crippen LogP contribution in [0.15, 0.2) is 18.2 Å². The molecule has 19 heavy (non-hydrogen) atoms. The third-order valence-corrected chi connectivity index (χ3v) is 2.55. The van der Waals surface area contributed by atoms with E-state index in [1.807, 2.05) is 0 Å². The predicted octanol–water partition coefficient (Wildman–Crippen LogP) is 1.93. The van der Waals surface area contributed by atoms with Crippen molar-refractivity contribution in [3.8, 4) is 0 Å². The summed E-state index contributed by atoms with van der Waals surface area (Å²) in [5.41, 5.74) is -0.237. The molecule has 0 saturated heterocycles. The van der Waals surface area contributed by atoms with Gasteiger partial charge < -0.3 is 0 Å². The number of benzene rings is 1. The van der Waals surface area contributed by atoms with E-state index in [9.17, 15) is 14.9 Å². The van der Waals surface area contributed by atoms with Crippen LogP contribution in [0.4, 0.5) is 11.6 Å². The van der Waals surface area contributed by atoms with E-state index in [0.717, 1.165) is 6.07 Å². The standard InChI is InChI=1S/C10H8ClN5O3/c1-5-12-10(15-14-5)13-9(17)6-2-3-7(11)8(4-6)16(18)19/h2-4H,1H3,(H2,12,13,14,15,17). The lowest BCUT2D eigenvalue weighted by atomic mass is 10.2. The molecule has 0 bridgehead atoms. The summed E-state index contributed by atoms with van der Waals surface area (Å²) in [6.45, 7) is 1.68. The number of nitrogens with one attached hydrogen (secondary N) is 2. The number of carbonyl (C=O) groups is 1. The number of aromatic nitrogens is 3. The van der Waals surface area contributed by atoms with E-state index in [1.54, 1.807) is 6.92 Å². The third-order valence-electron chi connectivity index (χ3n) is 2.23. The van der Waals surface area contributed by atoms with Crippen LogP contribution in [0.5, 0.6) is 0 Å². The molecule has 0 aliphatic rings. The molecule has 1 aromatic carbocycles. The van der Waals surface area contributed by atoms with Crippen LogP contribution in [0, 0.1) is 17.0 Å². The van der Waals surface area contributed by atoms with Gasteiger partial charge in [-0.05, 0) is 19.1 Å². The number of carbonyl (C=O) groups excluding carboxylic acids is 1. The summed E-state index contributed by atoms with van der Waals surface area (Å²) in [6.07, 6.45) is 0.